The zero-order valence-electron chi connectivity index (χ0n) is 31.8. The Kier molecular flexibility index (Phi) is 12.8. The van der Waals surface area contributed by atoms with Gasteiger partial charge in [0.2, 0.25) is 23.6 Å². The van der Waals surface area contributed by atoms with E-state index in [0.29, 0.717) is 55.5 Å². The van der Waals surface area contributed by atoms with E-state index < -0.39 is 11.9 Å². The van der Waals surface area contributed by atoms with Crippen molar-refractivity contribution in [3.05, 3.63) is 131 Å². The second kappa shape index (κ2) is 18.4. The summed E-state index contributed by atoms with van der Waals surface area (Å²) in [6.45, 7) is 3.94. The highest BCUT2D eigenvalue weighted by Crippen LogP contribution is 2.36. The highest BCUT2D eigenvalue weighted by molar-refractivity contribution is 6.18. The first kappa shape index (κ1) is 39.5. The Morgan fingerprint density at radius 1 is 0.772 bits per heavy atom. The Balaban J connectivity index is 0.863. The van der Waals surface area contributed by atoms with E-state index in [2.05, 4.69) is 76.2 Å². The Morgan fingerprint density at radius 2 is 1.46 bits per heavy atom. The molecule has 0 radical (unpaired) electrons. The van der Waals surface area contributed by atoms with E-state index in [-0.39, 0.29) is 55.9 Å². The molecule has 2 fully saturated rings. The fraction of sp³-hybridized carbons (Fsp3) is 0.311. The molecule has 3 aliphatic heterocycles. The van der Waals surface area contributed by atoms with E-state index in [1.165, 1.54) is 10.5 Å². The van der Waals surface area contributed by atoms with Crippen molar-refractivity contribution < 1.29 is 28.7 Å². The second-order valence-corrected chi connectivity index (χ2v) is 14.8. The Morgan fingerprint density at radius 3 is 2.14 bits per heavy atom. The number of ether oxygens (including phenoxy) is 1. The number of carbonyl (C=O) groups is 5. The molecule has 4 aromatic rings. The fourth-order valence-electron chi connectivity index (χ4n) is 7.79. The van der Waals surface area contributed by atoms with Crippen molar-refractivity contribution in [1.82, 2.24) is 20.0 Å². The molecule has 57 heavy (non-hydrogen) atoms. The predicted octanol–water partition coefficient (Wildman–Crippen LogP) is 5.98. The molecule has 0 aliphatic carbocycles. The Hall–Kier alpha value is -5.78. The van der Waals surface area contributed by atoms with E-state index in [1.807, 2.05) is 24.3 Å². The van der Waals surface area contributed by atoms with Gasteiger partial charge in [0.05, 0.1) is 0 Å². The first-order valence-electron chi connectivity index (χ1n) is 19.5. The first-order chi connectivity index (χ1) is 27.8. The molecule has 2 saturated heterocycles. The standard InChI is InChI=1S/C45H46ClN5O6/c46-23-22-35(31-8-3-1-4-9-31)43(32-10-5-2-6-11-32)33-14-16-34(17-15-33)57-29-28-49-24-26-50(27-25-49)42(54)21-20-40(52)47-38-13-7-12-36-37(38)30-51(45(36)56)39-18-19-41(53)48-44(39)55/h1-17,39H,18-30H2,(H,47,52)(H,48,53,55)/b43-35-. The van der Waals surface area contributed by atoms with Crippen molar-refractivity contribution in [3.8, 4) is 5.75 Å². The number of piperidine rings is 1. The molecule has 11 nitrogen and oxygen atoms in total. The number of carbonyl (C=O) groups excluding carboxylic acids is 5. The van der Waals surface area contributed by atoms with Crippen LogP contribution in [0.2, 0.25) is 0 Å². The van der Waals surface area contributed by atoms with Crippen LogP contribution in [0.1, 0.15) is 64.7 Å². The third kappa shape index (κ3) is 9.44. The lowest BCUT2D eigenvalue weighted by atomic mass is 9.88. The van der Waals surface area contributed by atoms with Gasteiger partial charge in [-0.2, -0.15) is 0 Å². The number of nitrogens with one attached hydrogen (secondary N) is 2. The van der Waals surface area contributed by atoms with Gasteiger partial charge in [0.25, 0.3) is 5.91 Å². The quantitative estimate of drug-likeness (QED) is 0.0915. The minimum absolute atomic E-state index is 0.00303. The zero-order chi connectivity index (χ0) is 39.7. The van der Waals surface area contributed by atoms with Crippen molar-refractivity contribution in [3.63, 3.8) is 0 Å². The van der Waals surface area contributed by atoms with Gasteiger partial charge in [-0.05, 0) is 64.9 Å². The van der Waals surface area contributed by atoms with Crippen molar-refractivity contribution in [1.29, 1.82) is 0 Å². The highest BCUT2D eigenvalue weighted by Gasteiger charge is 2.40. The maximum Gasteiger partial charge on any atom is 0.255 e. The zero-order valence-corrected chi connectivity index (χ0v) is 32.5. The number of nitrogens with zero attached hydrogens (tertiary/aromatic N) is 3. The molecule has 0 aromatic heterocycles. The van der Waals surface area contributed by atoms with E-state index in [0.717, 1.165) is 41.0 Å². The molecule has 1 atom stereocenters. The van der Waals surface area contributed by atoms with Crippen molar-refractivity contribution in [2.45, 2.75) is 44.7 Å². The number of fused-ring (bicyclic) bond motifs is 1. The summed E-state index contributed by atoms with van der Waals surface area (Å²) < 4.78 is 6.15. The first-order valence-corrected chi connectivity index (χ1v) is 20.0. The molecule has 0 bridgehead atoms. The molecule has 12 heteroatoms. The van der Waals surface area contributed by atoms with Crippen LogP contribution in [-0.4, -0.2) is 95.5 Å². The number of rotatable bonds is 14. The fourth-order valence-corrected chi connectivity index (χ4v) is 7.98. The van der Waals surface area contributed by atoms with Crippen LogP contribution in [0.25, 0.3) is 11.1 Å². The summed E-state index contributed by atoms with van der Waals surface area (Å²) in [6, 6.07) is 33.3. The van der Waals surface area contributed by atoms with Gasteiger partial charge in [0.15, 0.2) is 0 Å². The number of hydrogen-bond donors (Lipinski definition) is 2. The predicted molar refractivity (Wildman–Crippen MR) is 219 cm³/mol. The average Bonchev–Trinajstić information content (AvgIpc) is 3.57. The SMILES string of the molecule is O=C1CCC(N2Cc3c(NC(=O)CCC(=O)N4CCN(CCOc5ccc(/C(=C(/CCCl)c6ccccc6)c6ccccc6)cc5)CC4)cccc3C2=O)C(=O)N1. The van der Waals surface area contributed by atoms with Gasteiger partial charge in [-0.3, -0.25) is 34.2 Å². The monoisotopic (exact) mass is 787 g/mol. The van der Waals surface area contributed by atoms with Crippen LogP contribution < -0.4 is 15.4 Å². The number of imide groups is 1. The number of alkyl halides is 1. The molecular weight excluding hydrogens is 742 g/mol. The normalized spacial score (nSPS) is 17.5. The maximum absolute atomic E-state index is 13.1. The summed E-state index contributed by atoms with van der Waals surface area (Å²) in [5, 5.41) is 5.17. The largest absolute Gasteiger partial charge is 0.492 e. The van der Waals surface area contributed by atoms with E-state index >= 15 is 0 Å². The van der Waals surface area contributed by atoms with Crippen molar-refractivity contribution >= 4 is 58.0 Å². The summed E-state index contributed by atoms with van der Waals surface area (Å²) in [5.74, 6) is -0.259. The molecule has 1 unspecified atom stereocenters. The summed E-state index contributed by atoms with van der Waals surface area (Å²) in [7, 11) is 0. The van der Waals surface area contributed by atoms with Crippen LogP contribution in [0.5, 0.6) is 5.75 Å². The van der Waals surface area contributed by atoms with Crippen LogP contribution >= 0.6 is 11.6 Å². The number of benzene rings is 4. The van der Waals surface area contributed by atoms with Crippen LogP contribution in [0, 0.1) is 0 Å². The maximum atomic E-state index is 13.1. The molecule has 5 amide bonds. The Labute approximate surface area is 337 Å². The Bertz CT molecular complexity index is 2130. The van der Waals surface area contributed by atoms with Crippen molar-refractivity contribution in [2.24, 2.45) is 0 Å². The average molecular weight is 788 g/mol. The lowest BCUT2D eigenvalue weighted by molar-refractivity contribution is -0.137. The van der Waals surface area contributed by atoms with Gasteiger partial charge < -0.3 is 19.9 Å². The third-order valence-electron chi connectivity index (χ3n) is 10.8. The number of anilines is 1. The van der Waals surface area contributed by atoms with Crippen molar-refractivity contribution in [2.75, 3.05) is 50.5 Å². The van der Waals surface area contributed by atoms with Gasteiger partial charge in [-0.15, -0.1) is 11.6 Å². The van der Waals surface area contributed by atoms with E-state index in [1.54, 1.807) is 23.1 Å². The van der Waals surface area contributed by atoms with Crippen LogP contribution in [0.4, 0.5) is 5.69 Å². The van der Waals surface area contributed by atoms with E-state index in [4.69, 9.17) is 16.3 Å². The van der Waals surface area contributed by atoms with Gasteiger partial charge in [0, 0.05) is 81.2 Å². The van der Waals surface area contributed by atoms with Crippen LogP contribution in [-0.2, 0) is 25.7 Å². The molecule has 0 saturated carbocycles. The summed E-state index contributed by atoms with van der Waals surface area (Å²) in [5.41, 5.74) is 7.23. The summed E-state index contributed by atoms with van der Waals surface area (Å²) in [4.78, 5) is 68.7. The molecule has 4 aromatic carbocycles. The molecule has 0 spiro atoms. The van der Waals surface area contributed by atoms with Crippen LogP contribution in [0.3, 0.4) is 0 Å². The van der Waals surface area contributed by atoms with Gasteiger partial charge >= 0.3 is 0 Å². The smallest absolute Gasteiger partial charge is 0.255 e. The molecule has 3 aliphatic rings. The van der Waals surface area contributed by atoms with Gasteiger partial charge in [-0.1, -0.05) is 78.9 Å². The number of amides is 5. The number of halogens is 1. The lowest BCUT2D eigenvalue weighted by Gasteiger charge is -2.34. The van der Waals surface area contributed by atoms with Gasteiger partial charge in [-0.25, -0.2) is 0 Å². The molecular formula is C45H46ClN5O6. The summed E-state index contributed by atoms with van der Waals surface area (Å²) in [6.07, 6.45) is 1.23. The molecule has 294 valence electrons. The van der Waals surface area contributed by atoms with Crippen LogP contribution in [0.15, 0.2) is 103 Å². The second-order valence-electron chi connectivity index (χ2n) is 14.4. The minimum atomic E-state index is -0.743. The lowest BCUT2D eigenvalue weighted by Crippen LogP contribution is -2.52. The number of hydrogen-bond acceptors (Lipinski definition) is 7. The molecule has 2 N–H and O–H groups in total. The molecule has 7 rings (SSSR count). The number of piperazine rings is 1. The summed E-state index contributed by atoms with van der Waals surface area (Å²) >= 11 is 6.31. The minimum Gasteiger partial charge on any atom is -0.492 e. The van der Waals surface area contributed by atoms with E-state index in [9.17, 15) is 24.0 Å². The number of allylic oxidation sites excluding steroid dienone is 1. The topological polar surface area (TPSA) is 128 Å². The molecule has 3 heterocycles. The highest BCUT2D eigenvalue weighted by atomic mass is 35.5. The van der Waals surface area contributed by atoms with Gasteiger partial charge in [0.1, 0.15) is 18.4 Å². The third-order valence-corrected chi connectivity index (χ3v) is 11.0.